The fourth-order valence-corrected chi connectivity index (χ4v) is 3.49. The van der Waals surface area contributed by atoms with E-state index in [1.54, 1.807) is 18.4 Å². The molecule has 0 aliphatic carbocycles. The van der Waals surface area contributed by atoms with E-state index < -0.39 is 0 Å². The molecule has 3 N–H and O–H groups in total. The predicted octanol–water partition coefficient (Wildman–Crippen LogP) is 2.07. The van der Waals surface area contributed by atoms with E-state index in [4.69, 9.17) is 10.5 Å². The molecule has 0 unspecified atom stereocenters. The van der Waals surface area contributed by atoms with Crippen LogP contribution in [0.25, 0.3) is 0 Å². The molecule has 7 heteroatoms. The number of aliphatic imine (C=N–C) groups is 1. The van der Waals surface area contributed by atoms with E-state index in [1.165, 1.54) is 10.4 Å². The topological polar surface area (TPSA) is 80.0 Å². The first kappa shape index (κ1) is 16.3. The van der Waals surface area contributed by atoms with Gasteiger partial charge in [0.05, 0.1) is 7.11 Å². The Morgan fingerprint density at radius 3 is 3.17 bits per heavy atom. The highest BCUT2D eigenvalue weighted by atomic mass is 32.1. The third-order valence-corrected chi connectivity index (χ3v) is 4.91. The first-order valence-electron chi connectivity index (χ1n) is 7.69. The van der Waals surface area contributed by atoms with Crippen molar-refractivity contribution in [1.82, 2.24) is 4.90 Å². The summed E-state index contributed by atoms with van der Waals surface area (Å²) in [7, 11) is 1.60. The lowest BCUT2D eigenvalue weighted by Gasteiger charge is -2.26. The van der Waals surface area contributed by atoms with Crippen LogP contribution in [0.2, 0.25) is 0 Å². The molecule has 0 fully saturated rings. The minimum absolute atomic E-state index is 0.0118. The van der Waals surface area contributed by atoms with E-state index >= 15 is 0 Å². The van der Waals surface area contributed by atoms with Crippen molar-refractivity contribution in [2.45, 2.75) is 13.0 Å². The molecule has 1 aliphatic rings. The fraction of sp³-hybridized carbons (Fsp3) is 0.294. The maximum Gasteiger partial charge on any atom is 0.244 e. The Hall–Kier alpha value is -2.54. The monoisotopic (exact) mass is 344 g/mol. The van der Waals surface area contributed by atoms with Gasteiger partial charge in [-0.2, -0.15) is 0 Å². The van der Waals surface area contributed by atoms with Crippen LogP contribution >= 0.6 is 11.3 Å². The smallest absolute Gasteiger partial charge is 0.244 e. The van der Waals surface area contributed by atoms with Crippen LogP contribution in [0.15, 0.2) is 40.7 Å². The van der Waals surface area contributed by atoms with Gasteiger partial charge in [0, 0.05) is 29.7 Å². The van der Waals surface area contributed by atoms with Crippen LogP contribution in [-0.2, 0) is 17.8 Å². The molecule has 2 heterocycles. The van der Waals surface area contributed by atoms with Crippen molar-refractivity contribution in [3.63, 3.8) is 0 Å². The van der Waals surface area contributed by atoms with Crippen LogP contribution in [0, 0.1) is 0 Å². The number of carbonyl (C=O) groups is 1. The van der Waals surface area contributed by atoms with E-state index in [0.717, 1.165) is 24.4 Å². The molecule has 1 amide bonds. The van der Waals surface area contributed by atoms with Gasteiger partial charge in [0.1, 0.15) is 12.3 Å². The van der Waals surface area contributed by atoms with Crippen LogP contribution < -0.4 is 15.8 Å². The molecule has 1 aromatic heterocycles. The zero-order valence-corrected chi connectivity index (χ0v) is 14.3. The van der Waals surface area contributed by atoms with Crippen LogP contribution in [-0.4, -0.2) is 37.0 Å². The number of nitrogens with one attached hydrogen (secondary N) is 1. The normalized spacial score (nSPS) is 14.2. The zero-order chi connectivity index (χ0) is 16.9. The van der Waals surface area contributed by atoms with E-state index in [-0.39, 0.29) is 18.4 Å². The first-order chi connectivity index (χ1) is 11.7. The Morgan fingerprint density at radius 1 is 1.46 bits per heavy atom. The Bertz CT molecular complexity index is 757. The highest BCUT2D eigenvalue weighted by Crippen LogP contribution is 2.24. The molecule has 1 aromatic carbocycles. The van der Waals surface area contributed by atoms with Crippen molar-refractivity contribution in [3.8, 4) is 5.75 Å². The standard InChI is InChI=1S/C17H20N4O2S/c1-23-14-4-2-3-13(9-14)20-17(18)19-10-16(22)21-7-5-15-12(11-21)6-8-24-15/h2-4,6,8-9H,5,7,10-11H2,1H3,(H3,18,19,20). The summed E-state index contributed by atoms with van der Waals surface area (Å²) in [6, 6.07) is 9.45. The second-order valence-electron chi connectivity index (χ2n) is 5.49. The van der Waals surface area contributed by atoms with Gasteiger partial charge in [-0.15, -0.1) is 11.3 Å². The van der Waals surface area contributed by atoms with Crippen molar-refractivity contribution >= 4 is 28.9 Å². The predicted molar refractivity (Wildman–Crippen MR) is 96.5 cm³/mol. The number of fused-ring (bicyclic) bond motifs is 1. The molecular formula is C17H20N4O2S. The van der Waals surface area contributed by atoms with Gasteiger partial charge < -0.3 is 20.7 Å². The molecule has 0 saturated heterocycles. The van der Waals surface area contributed by atoms with Crippen LogP contribution in [0.1, 0.15) is 10.4 Å². The first-order valence-corrected chi connectivity index (χ1v) is 8.57. The number of amides is 1. The van der Waals surface area contributed by atoms with Gasteiger partial charge in [-0.05, 0) is 35.6 Å². The Kier molecular flexibility index (Phi) is 5.00. The molecule has 24 heavy (non-hydrogen) atoms. The van der Waals surface area contributed by atoms with Crippen molar-refractivity contribution in [2.24, 2.45) is 10.7 Å². The average molecular weight is 344 g/mol. The van der Waals surface area contributed by atoms with Crippen molar-refractivity contribution in [1.29, 1.82) is 0 Å². The third-order valence-electron chi connectivity index (χ3n) is 3.89. The molecular weight excluding hydrogens is 324 g/mol. The lowest BCUT2D eigenvalue weighted by Crippen LogP contribution is -2.37. The second kappa shape index (κ2) is 7.35. The third kappa shape index (κ3) is 3.86. The number of anilines is 1. The van der Waals surface area contributed by atoms with Gasteiger partial charge >= 0.3 is 0 Å². The number of thiophene rings is 1. The summed E-state index contributed by atoms with van der Waals surface area (Å²) in [5.74, 6) is 0.927. The second-order valence-corrected chi connectivity index (χ2v) is 6.49. The quantitative estimate of drug-likeness (QED) is 0.657. The summed E-state index contributed by atoms with van der Waals surface area (Å²) in [5, 5.41) is 5.04. The number of rotatable bonds is 4. The van der Waals surface area contributed by atoms with Crippen molar-refractivity contribution < 1.29 is 9.53 Å². The number of nitrogens with zero attached hydrogens (tertiary/aromatic N) is 2. The minimum atomic E-state index is -0.0118. The number of carbonyl (C=O) groups excluding carboxylic acids is 1. The molecule has 0 spiro atoms. The van der Waals surface area contributed by atoms with Gasteiger partial charge in [-0.1, -0.05) is 6.07 Å². The fourth-order valence-electron chi connectivity index (χ4n) is 2.60. The summed E-state index contributed by atoms with van der Waals surface area (Å²) < 4.78 is 5.16. The molecule has 3 rings (SSSR count). The summed E-state index contributed by atoms with van der Waals surface area (Å²) in [6.45, 7) is 1.45. The SMILES string of the molecule is COc1cccc(NC(N)=NCC(=O)N2CCc3sccc3C2)c1. The van der Waals surface area contributed by atoms with Crippen molar-refractivity contribution in [2.75, 3.05) is 25.5 Å². The molecule has 0 radical (unpaired) electrons. The maximum absolute atomic E-state index is 12.3. The number of hydrogen-bond donors (Lipinski definition) is 2. The molecule has 2 aromatic rings. The maximum atomic E-state index is 12.3. The van der Waals surface area contributed by atoms with Gasteiger partial charge in [0.25, 0.3) is 0 Å². The molecule has 126 valence electrons. The number of ether oxygens (including phenoxy) is 1. The van der Waals surface area contributed by atoms with Crippen LogP contribution in [0.4, 0.5) is 5.69 Å². The number of nitrogens with two attached hydrogens (primary N) is 1. The molecule has 0 atom stereocenters. The summed E-state index contributed by atoms with van der Waals surface area (Å²) in [6.07, 6.45) is 0.917. The number of guanidine groups is 1. The molecule has 0 bridgehead atoms. The Morgan fingerprint density at radius 2 is 2.33 bits per heavy atom. The van der Waals surface area contributed by atoms with Gasteiger partial charge in [-0.3, -0.25) is 4.79 Å². The molecule has 0 saturated carbocycles. The number of benzene rings is 1. The lowest BCUT2D eigenvalue weighted by atomic mass is 10.1. The highest BCUT2D eigenvalue weighted by Gasteiger charge is 2.20. The molecule has 1 aliphatic heterocycles. The minimum Gasteiger partial charge on any atom is -0.497 e. The highest BCUT2D eigenvalue weighted by molar-refractivity contribution is 7.10. The van der Waals surface area contributed by atoms with Crippen LogP contribution in [0.5, 0.6) is 5.75 Å². The summed E-state index contributed by atoms with van der Waals surface area (Å²) in [4.78, 5) is 19.7. The Labute approximate surface area is 144 Å². The summed E-state index contributed by atoms with van der Waals surface area (Å²) >= 11 is 1.76. The van der Waals surface area contributed by atoms with Crippen molar-refractivity contribution in [3.05, 3.63) is 46.2 Å². The van der Waals surface area contributed by atoms with Crippen LogP contribution in [0.3, 0.4) is 0 Å². The summed E-state index contributed by atoms with van der Waals surface area (Å²) in [5.41, 5.74) is 7.87. The lowest BCUT2D eigenvalue weighted by molar-refractivity contribution is -0.130. The number of hydrogen-bond acceptors (Lipinski definition) is 4. The van der Waals surface area contributed by atoms with E-state index in [2.05, 4.69) is 21.8 Å². The Balaban J connectivity index is 1.55. The number of methoxy groups -OCH3 is 1. The van der Waals surface area contributed by atoms with Gasteiger partial charge in [0.2, 0.25) is 5.91 Å². The van der Waals surface area contributed by atoms with Gasteiger partial charge in [-0.25, -0.2) is 4.99 Å². The van der Waals surface area contributed by atoms with E-state index in [0.29, 0.717) is 6.54 Å². The van der Waals surface area contributed by atoms with Gasteiger partial charge in [0.15, 0.2) is 5.96 Å². The average Bonchev–Trinajstić information content (AvgIpc) is 3.07. The molecule has 6 nitrogen and oxygen atoms in total. The largest absolute Gasteiger partial charge is 0.497 e. The van der Waals surface area contributed by atoms with E-state index in [9.17, 15) is 4.79 Å². The zero-order valence-electron chi connectivity index (χ0n) is 13.5. The van der Waals surface area contributed by atoms with E-state index in [1.807, 2.05) is 29.2 Å².